The topological polar surface area (TPSA) is 20.2 Å². The first kappa shape index (κ1) is 9.94. The third kappa shape index (κ3) is 1.77. The van der Waals surface area contributed by atoms with Gasteiger partial charge in [0.1, 0.15) is 5.82 Å². The molecule has 0 unspecified atom stereocenters. The Balaban J connectivity index is 2.24. The van der Waals surface area contributed by atoms with Gasteiger partial charge in [-0.05, 0) is 36.8 Å². The van der Waals surface area contributed by atoms with Gasteiger partial charge in [-0.1, -0.05) is 17.7 Å². The number of hydrogen-bond donors (Lipinski definition) is 1. The van der Waals surface area contributed by atoms with Gasteiger partial charge < -0.3 is 5.11 Å². The van der Waals surface area contributed by atoms with Crippen LogP contribution in [0.15, 0.2) is 18.2 Å². The van der Waals surface area contributed by atoms with E-state index < -0.39 is 0 Å². The van der Waals surface area contributed by atoms with E-state index >= 15 is 0 Å². The summed E-state index contributed by atoms with van der Waals surface area (Å²) in [6.45, 7) is 0.123. The first-order chi connectivity index (χ1) is 6.67. The lowest BCUT2D eigenvalue weighted by molar-refractivity contribution is 0.210. The Kier molecular flexibility index (Phi) is 2.50. The minimum Gasteiger partial charge on any atom is -0.396 e. The second-order valence-corrected chi connectivity index (χ2v) is 4.44. The van der Waals surface area contributed by atoms with Crippen LogP contribution in [0.5, 0.6) is 0 Å². The fourth-order valence-electron chi connectivity index (χ4n) is 1.64. The van der Waals surface area contributed by atoms with Crippen molar-refractivity contribution < 1.29 is 9.50 Å². The molecule has 1 aliphatic rings. The highest BCUT2D eigenvalue weighted by Crippen LogP contribution is 2.48. The van der Waals surface area contributed by atoms with Crippen molar-refractivity contribution >= 4 is 11.6 Å². The molecule has 0 heterocycles. The molecular formula is C11H12ClFO. The van der Waals surface area contributed by atoms with Gasteiger partial charge in [-0.2, -0.15) is 0 Å². The van der Waals surface area contributed by atoms with Gasteiger partial charge in [0.2, 0.25) is 0 Å². The van der Waals surface area contributed by atoms with Gasteiger partial charge >= 0.3 is 0 Å². The third-order valence-corrected chi connectivity index (χ3v) is 3.26. The van der Waals surface area contributed by atoms with Crippen LogP contribution >= 0.6 is 11.6 Å². The lowest BCUT2D eigenvalue weighted by Crippen LogP contribution is -2.11. The van der Waals surface area contributed by atoms with E-state index in [0.29, 0.717) is 17.0 Å². The second-order valence-electron chi connectivity index (χ2n) is 4.04. The first-order valence-corrected chi connectivity index (χ1v) is 5.08. The quantitative estimate of drug-likeness (QED) is 0.821. The summed E-state index contributed by atoms with van der Waals surface area (Å²) in [4.78, 5) is 0. The number of aliphatic hydroxyl groups is 1. The molecule has 0 amide bonds. The molecule has 1 aliphatic carbocycles. The van der Waals surface area contributed by atoms with E-state index in [1.165, 1.54) is 6.07 Å². The lowest BCUT2D eigenvalue weighted by Gasteiger charge is -2.13. The van der Waals surface area contributed by atoms with Gasteiger partial charge in [0.15, 0.2) is 0 Å². The zero-order valence-corrected chi connectivity index (χ0v) is 8.52. The minimum atomic E-state index is -0.266. The number of hydrogen-bond acceptors (Lipinski definition) is 1. The SMILES string of the molecule is OCC1(Cc2c(F)cccc2Cl)CC1. The highest BCUT2D eigenvalue weighted by atomic mass is 35.5. The molecule has 0 aliphatic heterocycles. The molecule has 1 N–H and O–H groups in total. The Morgan fingerprint density at radius 1 is 1.43 bits per heavy atom. The molecule has 14 heavy (non-hydrogen) atoms. The molecule has 1 aromatic rings. The van der Waals surface area contributed by atoms with E-state index in [-0.39, 0.29) is 17.8 Å². The van der Waals surface area contributed by atoms with Crippen LogP contribution in [-0.2, 0) is 6.42 Å². The average Bonchev–Trinajstić information content (AvgIpc) is 2.93. The predicted molar refractivity (Wildman–Crippen MR) is 53.9 cm³/mol. The molecule has 0 aromatic heterocycles. The summed E-state index contributed by atoms with van der Waals surface area (Å²) < 4.78 is 13.4. The first-order valence-electron chi connectivity index (χ1n) is 4.71. The van der Waals surface area contributed by atoms with Crippen molar-refractivity contribution in [3.05, 3.63) is 34.6 Å². The smallest absolute Gasteiger partial charge is 0.127 e. The standard InChI is InChI=1S/C11H12ClFO/c12-9-2-1-3-10(13)8(9)6-11(7-14)4-5-11/h1-3,14H,4-7H2. The highest BCUT2D eigenvalue weighted by Gasteiger charge is 2.42. The Morgan fingerprint density at radius 3 is 2.64 bits per heavy atom. The van der Waals surface area contributed by atoms with E-state index in [1.807, 2.05) is 0 Å². The maximum Gasteiger partial charge on any atom is 0.127 e. The Bertz CT molecular complexity index is 327. The van der Waals surface area contributed by atoms with Crippen LogP contribution in [0.25, 0.3) is 0 Å². The van der Waals surface area contributed by atoms with E-state index in [1.54, 1.807) is 12.1 Å². The average molecular weight is 215 g/mol. The number of aliphatic hydroxyl groups excluding tert-OH is 1. The van der Waals surface area contributed by atoms with Crippen molar-refractivity contribution in [3.63, 3.8) is 0 Å². The van der Waals surface area contributed by atoms with Crippen LogP contribution in [0, 0.1) is 11.2 Å². The molecule has 0 spiro atoms. The fraction of sp³-hybridized carbons (Fsp3) is 0.455. The van der Waals surface area contributed by atoms with Crippen LogP contribution in [0.2, 0.25) is 5.02 Å². The summed E-state index contributed by atoms with van der Waals surface area (Å²) in [6, 6.07) is 4.70. The van der Waals surface area contributed by atoms with Crippen molar-refractivity contribution in [2.75, 3.05) is 6.61 Å². The number of rotatable bonds is 3. The molecule has 0 saturated heterocycles. The molecule has 1 saturated carbocycles. The second kappa shape index (κ2) is 3.52. The van der Waals surface area contributed by atoms with Crippen LogP contribution in [-0.4, -0.2) is 11.7 Å². The van der Waals surface area contributed by atoms with Crippen molar-refractivity contribution in [3.8, 4) is 0 Å². The van der Waals surface area contributed by atoms with Crippen LogP contribution in [0.3, 0.4) is 0 Å². The molecule has 1 aromatic carbocycles. The summed E-state index contributed by atoms with van der Waals surface area (Å²) in [5, 5.41) is 9.60. The van der Waals surface area contributed by atoms with E-state index in [2.05, 4.69) is 0 Å². The van der Waals surface area contributed by atoms with E-state index in [0.717, 1.165) is 12.8 Å². The van der Waals surface area contributed by atoms with Crippen molar-refractivity contribution in [2.24, 2.45) is 5.41 Å². The summed E-state index contributed by atoms with van der Waals surface area (Å²) in [5.41, 5.74) is 0.451. The van der Waals surface area contributed by atoms with Crippen molar-refractivity contribution in [2.45, 2.75) is 19.3 Å². The molecule has 1 nitrogen and oxygen atoms in total. The summed E-state index contributed by atoms with van der Waals surface area (Å²) in [7, 11) is 0. The zero-order valence-electron chi connectivity index (χ0n) is 7.76. The molecular weight excluding hydrogens is 203 g/mol. The Labute approximate surface area is 87.5 Å². The van der Waals surface area contributed by atoms with Gasteiger partial charge in [0.05, 0.1) is 0 Å². The van der Waals surface area contributed by atoms with Gasteiger partial charge in [0.25, 0.3) is 0 Å². The zero-order chi connectivity index (χ0) is 10.2. The number of halogens is 2. The van der Waals surface area contributed by atoms with Gasteiger partial charge in [-0.25, -0.2) is 4.39 Å². The van der Waals surface area contributed by atoms with Crippen molar-refractivity contribution in [1.29, 1.82) is 0 Å². The Hall–Kier alpha value is -0.600. The predicted octanol–water partition coefficient (Wildman–Crippen LogP) is 2.79. The van der Waals surface area contributed by atoms with Gasteiger partial charge in [0, 0.05) is 17.2 Å². The molecule has 3 heteroatoms. The number of benzene rings is 1. The molecule has 0 radical (unpaired) electrons. The highest BCUT2D eigenvalue weighted by molar-refractivity contribution is 6.31. The summed E-state index contributed by atoms with van der Waals surface area (Å²) >= 11 is 5.90. The van der Waals surface area contributed by atoms with Crippen LogP contribution < -0.4 is 0 Å². The van der Waals surface area contributed by atoms with Crippen LogP contribution in [0.1, 0.15) is 18.4 Å². The van der Waals surface area contributed by atoms with Gasteiger partial charge in [-0.15, -0.1) is 0 Å². The molecule has 76 valence electrons. The summed E-state index contributed by atoms with van der Waals surface area (Å²) in [5.74, 6) is -0.266. The molecule has 1 fully saturated rings. The van der Waals surface area contributed by atoms with E-state index in [9.17, 15) is 4.39 Å². The molecule has 2 rings (SSSR count). The fourth-order valence-corrected chi connectivity index (χ4v) is 1.87. The Morgan fingerprint density at radius 2 is 2.14 bits per heavy atom. The maximum absolute atomic E-state index is 13.4. The largest absolute Gasteiger partial charge is 0.396 e. The lowest BCUT2D eigenvalue weighted by atomic mass is 9.97. The van der Waals surface area contributed by atoms with E-state index in [4.69, 9.17) is 16.7 Å². The van der Waals surface area contributed by atoms with Crippen molar-refractivity contribution in [1.82, 2.24) is 0 Å². The normalized spacial score (nSPS) is 18.2. The van der Waals surface area contributed by atoms with Crippen LogP contribution in [0.4, 0.5) is 4.39 Å². The molecule has 0 bridgehead atoms. The minimum absolute atomic E-state index is 0.0914. The van der Waals surface area contributed by atoms with Gasteiger partial charge in [-0.3, -0.25) is 0 Å². The maximum atomic E-state index is 13.4. The monoisotopic (exact) mass is 214 g/mol. The molecule has 0 atom stereocenters. The third-order valence-electron chi connectivity index (χ3n) is 2.91. The summed E-state index contributed by atoms with van der Waals surface area (Å²) in [6.07, 6.45) is 2.48.